The second-order valence-electron chi connectivity index (χ2n) is 2.95. The molecule has 0 bridgehead atoms. The van der Waals surface area contributed by atoms with Crippen molar-refractivity contribution in [2.45, 2.75) is 26.5 Å². The Morgan fingerprint density at radius 1 is 1.77 bits per heavy atom. The van der Waals surface area contributed by atoms with Gasteiger partial charge >= 0.3 is 5.69 Å². The molecule has 0 spiro atoms. The summed E-state index contributed by atoms with van der Waals surface area (Å²) < 4.78 is 1.46. The molecule has 0 aromatic carbocycles. The minimum absolute atomic E-state index is 0.0546. The Bertz CT molecular complexity index is 319. The predicted molar refractivity (Wildman–Crippen MR) is 45.2 cm³/mol. The van der Waals surface area contributed by atoms with Gasteiger partial charge in [-0.2, -0.15) is 5.10 Å². The van der Waals surface area contributed by atoms with Crippen molar-refractivity contribution in [1.82, 2.24) is 9.78 Å². The van der Waals surface area contributed by atoms with Crippen LogP contribution >= 0.6 is 0 Å². The summed E-state index contributed by atoms with van der Waals surface area (Å²) in [5, 5.41) is 23.1. The van der Waals surface area contributed by atoms with Crippen LogP contribution in [0.4, 0.5) is 5.69 Å². The van der Waals surface area contributed by atoms with Crippen LogP contribution < -0.4 is 0 Å². The molecule has 0 aliphatic heterocycles. The van der Waals surface area contributed by atoms with E-state index in [1.165, 1.54) is 10.9 Å². The summed E-state index contributed by atoms with van der Waals surface area (Å²) in [4.78, 5) is 9.91. The summed E-state index contributed by atoms with van der Waals surface area (Å²) in [6.07, 6.45) is 1.33. The number of aliphatic hydroxyl groups excluding tert-OH is 1. The predicted octanol–water partition coefficient (Wildman–Crippen LogP) is 0.864. The van der Waals surface area contributed by atoms with Gasteiger partial charge in [-0.05, 0) is 13.8 Å². The van der Waals surface area contributed by atoms with E-state index in [-0.39, 0.29) is 17.4 Å². The van der Waals surface area contributed by atoms with Gasteiger partial charge < -0.3 is 5.11 Å². The third-order valence-electron chi connectivity index (χ3n) is 1.66. The van der Waals surface area contributed by atoms with Crippen molar-refractivity contribution in [2.24, 2.45) is 0 Å². The SMILES string of the molecule is CC(C)n1cc([N+](=O)[O-])c(CO)n1. The Kier molecular flexibility index (Phi) is 2.62. The summed E-state index contributed by atoms with van der Waals surface area (Å²) in [7, 11) is 0. The fourth-order valence-electron chi connectivity index (χ4n) is 0.949. The third kappa shape index (κ3) is 1.83. The first-order valence-electron chi connectivity index (χ1n) is 3.89. The largest absolute Gasteiger partial charge is 0.390 e. The first kappa shape index (κ1) is 9.66. The summed E-state index contributed by atoms with van der Waals surface area (Å²) in [6, 6.07) is 0.0546. The van der Waals surface area contributed by atoms with Crippen LogP contribution in [0, 0.1) is 10.1 Å². The van der Waals surface area contributed by atoms with Crippen molar-refractivity contribution in [3.05, 3.63) is 22.0 Å². The Morgan fingerprint density at radius 2 is 2.38 bits per heavy atom. The average Bonchev–Trinajstić information content (AvgIpc) is 2.47. The van der Waals surface area contributed by atoms with Crippen molar-refractivity contribution >= 4 is 5.69 Å². The number of aromatic nitrogens is 2. The highest BCUT2D eigenvalue weighted by Gasteiger charge is 2.18. The second kappa shape index (κ2) is 3.53. The second-order valence-corrected chi connectivity index (χ2v) is 2.95. The van der Waals surface area contributed by atoms with Crippen molar-refractivity contribution in [3.8, 4) is 0 Å². The quantitative estimate of drug-likeness (QED) is 0.559. The van der Waals surface area contributed by atoms with Crippen LogP contribution in [0.2, 0.25) is 0 Å². The van der Waals surface area contributed by atoms with Crippen LogP contribution in [-0.4, -0.2) is 19.8 Å². The summed E-state index contributed by atoms with van der Waals surface area (Å²) in [5.41, 5.74) is -0.0186. The van der Waals surface area contributed by atoms with Gasteiger partial charge in [0.2, 0.25) is 0 Å². The highest BCUT2D eigenvalue weighted by molar-refractivity contribution is 5.31. The lowest BCUT2D eigenvalue weighted by atomic mass is 10.4. The van der Waals surface area contributed by atoms with E-state index in [4.69, 9.17) is 5.11 Å². The first-order valence-corrected chi connectivity index (χ1v) is 3.89. The molecule has 0 aliphatic carbocycles. The molecule has 0 fully saturated rings. The van der Waals surface area contributed by atoms with Crippen molar-refractivity contribution in [3.63, 3.8) is 0 Å². The molecule has 0 radical (unpaired) electrons. The molecule has 1 rings (SSSR count). The van der Waals surface area contributed by atoms with Crippen molar-refractivity contribution in [2.75, 3.05) is 0 Å². The normalized spacial score (nSPS) is 10.8. The minimum Gasteiger partial charge on any atom is -0.390 e. The molecule has 0 atom stereocenters. The maximum absolute atomic E-state index is 10.5. The van der Waals surface area contributed by atoms with Gasteiger partial charge in [-0.1, -0.05) is 0 Å². The highest BCUT2D eigenvalue weighted by atomic mass is 16.6. The van der Waals surface area contributed by atoms with Crippen LogP contribution in [-0.2, 0) is 6.61 Å². The van der Waals surface area contributed by atoms with Gasteiger partial charge in [0.05, 0.1) is 11.5 Å². The van der Waals surface area contributed by atoms with E-state index in [1.807, 2.05) is 13.8 Å². The standard InChI is InChI=1S/C7H11N3O3/c1-5(2)9-3-7(10(12)13)6(4-11)8-9/h3,5,11H,4H2,1-2H3. The zero-order valence-corrected chi connectivity index (χ0v) is 7.47. The number of rotatable bonds is 3. The van der Waals surface area contributed by atoms with Gasteiger partial charge in [-0.15, -0.1) is 0 Å². The van der Waals surface area contributed by atoms with Gasteiger partial charge in [-0.25, -0.2) is 0 Å². The summed E-state index contributed by atoms with van der Waals surface area (Å²) in [5.74, 6) is 0. The Hall–Kier alpha value is -1.43. The maximum Gasteiger partial charge on any atom is 0.312 e. The van der Waals surface area contributed by atoms with Crippen molar-refractivity contribution < 1.29 is 10.0 Å². The highest BCUT2D eigenvalue weighted by Crippen LogP contribution is 2.18. The zero-order chi connectivity index (χ0) is 10.0. The lowest BCUT2D eigenvalue weighted by molar-refractivity contribution is -0.386. The molecule has 0 unspecified atom stereocenters. The number of hydrogen-bond acceptors (Lipinski definition) is 4. The van der Waals surface area contributed by atoms with E-state index in [0.29, 0.717) is 0 Å². The van der Waals surface area contributed by atoms with Crippen LogP contribution in [0.15, 0.2) is 6.20 Å². The molecule has 1 N–H and O–H groups in total. The first-order chi connectivity index (χ1) is 6.06. The minimum atomic E-state index is -0.544. The Morgan fingerprint density at radius 3 is 2.69 bits per heavy atom. The van der Waals surface area contributed by atoms with Gasteiger partial charge in [0.1, 0.15) is 6.20 Å². The fourth-order valence-corrected chi connectivity index (χ4v) is 0.949. The van der Waals surface area contributed by atoms with E-state index in [2.05, 4.69) is 5.10 Å². The molecular formula is C7H11N3O3. The topological polar surface area (TPSA) is 81.2 Å². The van der Waals surface area contributed by atoms with Gasteiger partial charge in [-0.3, -0.25) is 14.8 Å². The van der Waals surface area contributed by atoms with Crippen LogP contribution in [0.25, 0.3) is 0 Å². The Balaban J connectivity index is 3.11. The van der Waals surface area contributed by atoms with E-state index < -0.39 is 11.5 Å². The molecule has 1 aromatic heterocycles. The third-order valence-corrected chi connectivity index (χ3v) is 1.66. The molecule has 1 aromatic rings. The molecule has 6 heteroatoms. The van der Waals surface area contributed by atoms with E-state index >= 15 is 0 Å². The van der Waals surface area contributed by atoms with E-state index in [1.54, 1.807) is 0 Å². The van der Waals surface area contributed by atoms with E-state index in [9.17, 15) is 10.1 Å². The lowest BCUT2D eigenvalue weighted by Crippen LogP contribution is -2.01. The molecule has 0 amide bonds. The summed E-state index contributed by atoms with van der Waals surface area (Å²) in [6.45, 7) is 3.31. The fraction of sp³-hybridized carbons (Fsp3) is 0.571. The van der Waals surface area contributed by atoms with Gasteiger partial charge in [0.25, 0.3) is 0 Å². The molecule has 0 aliphatic rings. The molecule has 0 saturated heterocycles. The molecule has 13 heavy (non-hydrogen) atoms. The van der Waals surface area contributed by atoms with Gasteiger partial charge in [0.15, 0.2) is 5.69 Å². The molecule has 1 heterocycles. The maximum atomic E-state index is 10.5. The van der Waals surface area contributed by atoms with Crippen LogP contribution in [0.5, 0.6) is 0 Å². The number of hydrogen-bond donors (Lipinski definition) is 1. The monoisotopic (exact) mass is 185 g/mol. The summed E-state index contributed by atoms with van der Waals surface area (Å²) >= 11 is 0. The number of nitro groups is 1. The zero-order valence-electron chi connectivity index (χ0n) is 7.47. The lowest BCUT2D eigenvalue weighted by Gasteiger charge is -2.01. The Labute approximate surface area is 74.9 Å². The van der Waals surface area contributed by atoms with Gasteiger partial charge in [0, 0.05) is 6.04 Å². The van der Waals surface area contributed by atoms with Crippen molar-refractivity contribution in [1.29, 1.82) is 0 Å². The van der Waals surface area contributed by atoms with Crippen LogP contribution in [0.1, 0.15) is 25.6 Å². The van der Waals surface area contributed by atoms with E-state index in [0.717, 1.165) is 0 Å². The molecule has 72 valence electrons. The molecular weight excluding hydrogens is 174 g/mol. The number of aliphatic hydroxyl groups is 1. The average molecular weight is 185 g/mol. The molecule has 0 saturated carbocycles. The van der Waals surface area contributed by atoms with Crippen LogP contribution in [0.3, 0.4) is 0 Å². The number of nitrogens with zero attached hydrogens (tertiary/aromatic N) is 3. The smallest absolute Gasteiger partial charge is 0.312 e. The molecule has 6 nitrogen and oxygen atoms in total.